The summed E-state index contributed by atoms with van der Waals surface area (Å²) in [6, 6.07) is 9.59. The molecule has 0 atom stereocenters. The second-order valence-corrected chi connectivity index (χ2v) is 6.46. The Bertz CT molecular complexity index is 483. The van der Waals surface area contributed by atoms with E-state index in [9.17, 15) is 0 Å². The largest absolute Gasteiger partial charge is 0.366 e. The van der Waals surface area contributed by atoms with Crippen LogP contribution in [0.25, 0.3) is 0 Å². The van der Waals surface area contributed by atoms with Crippen molar-refractivity contribution in [1.29, 1.82) is 0 Å². The summed E-state index contributed by atoms with van der Waals surface area (Å²) in [5.74, 6) is 0. The van der Waals surface area contributed by atoms with Gasteiger partial charge in [-0.1, -0.05) is 24.3 Å². The van der Waals surface area contributed by atoms with Crippen LogP contribution in [0, 0.1) is 0 Å². The minimum atomic E-state index is 0. The number of ether oxygens (including phenoxy) is 1. The number of nitrogens with one attached hydrogen (secondary N) is 1. The van der Waals surface area contributed by atoms with Gasteiger partial charge in [-0.15, -0.1) is 24.8 Å². The third kappa shape index (κ3) is 3.15. The molecule has 3 aliphatic rings. The summed E-state index contributed by atoms with van der Waals surface area (Å²) in [4.78, 5) is 2.68. The van der Waals surface area contributed by atoms with Crippen molar-refractivity contribution in [1.82, 2.24) is 10.2 Å². The molecule has 5 heteroatoms. The number of rotatable bonds is 1. The quantitative estimate of drug-likeness (QED) is 0.847. The summed E-state index contributed by atoms with van der Waals surface area (Å²) in [5.41, 5.74) is 2.92. The fourth-order valence-corrected chi connectivity index (χ4v) is 4.28. The monoisotopic (exact) mass is 344 g/mol. The SMILES string of the molecule is Cl.Cl.c1ccc2c(c1)COC21CCC(N2CCNCC2)CC1. The zero-order valence-electron chi connectivity index (χ0n) is 12.9. The lowest BCUT2D eigenvalue weighted by Gasteiger charge is -2.43. The summed E-state index contributed by atoms with van der Waals surface area (Å²) in [6.45, 7) is 5.56. The van der Waals surface area contributed by atoms with Crippen molar-refractivity contribution in [2.24, 2.45) is 0 Å². The average Bonchev–Trinajstić information content (AvgIpc) is 2.88. The number of halogens is 2. The molecule has 2 aliphatic heterocycles. The Kier molecular flexibility index (Phi) is 6.14. The van der Waals surface area contributed by atoms with Crippen LogP contribution in [0.4, 0.5) is 0 Å². The van der Waals surface area contributed by atoms with E-state index in [0.29, 0.717) is 0 Å². The van der Waals surface area contributed by atoms with Crippen molar-refractivity contribution >= 4 is 24.8 Å². The van der Waals surface area contributed by atoms with E-state index in [-0.39, 0.29) is 30.4 Å². The Morgan fingerprint density at radius 2 is 1.73 bits per heavy atom. The second-order valence-electron chi connectivity index (χ2n) is 6.46. The van der Waals surface area contributed by atoms with Gasteiger partial charge in [0.25, 0.3) is 0 Å². The van der Waals surface area contributed by atoms with E-state index in [1.807, 2.05) is 0 Å². The van der Waals surface area contributed by atoms with Gasteiger partial charge in [0.05, 0.1) is 12.2 Å². The Morgan fingerprint density at radius 3 is 2.45 bits per heavy atom. The van der Waals surface area contributed by atoms with E-state index in [1.54, 1.807) is 0 Å². The van der Waals surface area contributed by atoms with Crippen LogP contribution in [0.15, 0.2) is 24.3 Å². The molecule has 2 heterocycles. The summed E-state index contributed by atoms with van der Waals surface area (Å²) in [7, 11) is 0. The highest BCUT2D eigenvalue weighted by atomic mass is 35.5. The van der Waals surface area contributed by atoms with Crippen LogP contribution in [0.2, 0.25) is 0 Å². The number of hydrogen-bond acceptors (Lipinski definition) is 3. The molecule has 0 amide bonds. The molecule has 22 heavy (non-hydrogen) atoms. The normalized spacial score (nSPS) is 31.2. The highest BCUT2D eigenvalue weighted by Crippen LogP contribution is 2.47. The first-order valence-electron chi connectivity index (χ1n) is 8.05. The number of nitrogens with zero attached hydrogens (tertiary/aromatic N) is 1. The molecular weight excluding hydrogens is 319 g/mol. The zero-order valence-corrected chi connectivity index (χ0v) is 14.6. The summed E-state index contributed by atoms with van der Waals surface area (Å²) in [6.07, 6.45) is 4.96. The predicted octanol–water partition coefficient (Wildman–Crippen LogP) is 3.10. The first kappa shape index (κ1) is 18.0. The molecule has 0 aromatic heterocycles. The maximum Gasteiger partial charge on any atom is 0.0940 e. The van der Waals surface area contributed by atoms with Gasteiger partial charge < -0.3 is 10.1 Å². The molecule has 1 saturated carbocycles. The van der Waals surface area contributed by atoms with Crippen LogP contribution >= 0.6 is 24.8 Å². The second kappa shape index (κ2) is 7.50. The standard InChI is InChI=1S/C17H24N2O.2ClH/c1-2-4-16-14(3-1)13-20-17(16)7-5-15(6-8-17)19-11-9-18-10-12-19;;/h1-4,15,18H,5-13H2;2*1H. The van der Waals surface area contributed by atoms with Crippen molar-refractivity contribution < 1.29 is 4.74 Å². The third-order valence-electron chi connectivity index (χ3n) is 5.44. The lowest BCUT2D eigenvalue weighted by Crippen LogP contribution is -2.50. The van der Waals surface area contributed by atoms with Gasteiger partial charge in [-0.2, -0.15) is 0 Å². The minimum Gasteiger partial charge on any atom is -0.366 e. The van der Waals surface area contributed by atoms with Crippen LogP contribution in [0.5, 0.6) is 0 Å². The molecule has 124 valence electrons. The van der Waals surface area contributed by atoms with Gasteiger partial charge in [0.15, 0.2) is 0 Å². The molecule has 3 nitrogen and oxygen atoms in total. The molecule has 1 spiro atoms. The van der Waals surface area contributed by atoms with E-state index in [1.165, 1.54) is 49.9 Å². The lowest BCUT2D eigenvalue weighted by molar-refractivity contribution is -0.0780. The molecule has 0 bridgehead atoms. The Hall–Kier alpha value is -0.320. The van der Waals surface area contributed by atoms with Crippen LogP contribution < -0.4 is 5.32 Å². The van der Waals surface area contributed by atoms with Crippen molar-refractivity contribution in [3.63, 3.8) is 0 Å². The van der Waals surface area contributed by atoms with Crippen LogP contribution in [0.3, 0.4) is 0 Å². The van der Waals surface area contributed by atoms with Gasteiger partial charge in [-0.25, -0.2) is 0 Å². The van der Waals surface area contributed by atoms with Gasteiger partial charge in [0.2, 0.25) is 0 Å². The highest BCUT2D eigenvalue weighted by molar-refractivity contribution is 5.85. The maximum atomic E-state index is 6.26. The van der Waals surface area contributed by atoms with E-state index >= 15 is 0 Å². The van der Waals surface area contributed by atoms with Crippen molar-refractivity contribution in [3.05, 3.63) is 35.4 Å². The first-order chi connectivity index (χ1) is 9.87. The van der Waals surface area contributed by atoms with Crippen LogP contribution in [0.1, 0.15) is 36.8 Å². The van der Waals surface area contributed by atoms with E-state index in [4.69, 9.17) is 4.74 Å². The van der Waals surface area contributed by atoms with E-state index in [0.717, 1.165) is 25.7 Å². The minimum absolute atomic E-state index is 0. The van der Waals surface area contributed by atoms with Crippen LogP contribution in [-0.4, -0.2) is 37.1 Å². The van der Waals surface area contributed by atoms with Gasteiger partial charge in [0.1, 0.15) is 0 Å². The lowest BCUT2D eigenvalue weighted by atomic mass is 9.77. The van der Waals surface area contributed by atoms with Gasteiger partial charge in [-0.05, 0) is 36.8 Å². The predicted molar refractivity (Wildman–Crippen MR) is 94.1 cm³/mol. The fourth-order valence-electron chi connectivity index (χ4n) is 4.28. The van der Waals surface area contributed by atoms with Gasteiger partial charge in [0, 0.05) is 32.2 Å². The molecule has 1 N–H and O–H groups in total. The number of fused-ring (bicyclic) bond motifs is 2. The third-order valence-corrected chi connectivity index (χ3v) is 5.44. The summed E-state index contributed by atoms with van der Waals surface area (Å²) < 4.78 is 6.26. The van der Waals surface area contributed by atoms with Crippen molar-refractivity contribution in [2.75, 3.05) is 26.2 Å². The number of benzene rings is 1. The molecule has 1 aromatic carbocycles. The summed E-state index contributed by atoms with van der Waals surface area (Å²) >= 11 is 0. The molecule has 0 radical (unpaired) electrons. The molecule has 0 unspecified atom stereocenters. The van der Waals surface area contributed by atoms with Gasteiger partial charge >= 0.3 is 0 Å². The van der Waals surface area contributed by atoms with E-state index in [2.05, 4.69) is 34.5 Å². The zero-order chi connectivity index (χ0) is 13.4. The Morgan fingerprint density at radius 1 is 1.05 bits per heavy atom. The Balaban J connectivity index is 0.000000882. The Labute approximate surface area is 145 Å². The topological polar surface area (TPSA) is 24.5 Å². The number of piperazine rings is 1. The maximum absolute atomic E-state index is 6.26. The van der Waals surface area contributed by atoms with Crippen molar-refractivity contribution in [2.45, 2.75) is 43.9 Å². The number of hydrogen-bond donors (Lipinski definition) is 1. The summed E-state index contributed by atoms with van der Waals surface area (Å²) in [5, 5.41) is 3.45. The van der Waals surface area contributed by atoms with Gasteiger partial charge in [-0.3, -0.25) is 4.90 Å². The smallest absolute Gasteiger partial charge is 0.0940 e. The fraction of sp³-hybridized carbons (Fsp3) is 0.647. The molecule has 4 rings (SSSR count). The average molecular weight is 345 g/mol. The molecule has 1 saturated heterocycles. The highest BCUT2D eigenvalue weighted by Gasteiger charge is 2.43. The van der Waals surface area contributed by atoms with E-state index < -0.39 is 0 Å². The molecule has 1 aliphatic carbocycles. The van der Waals surface area contributed by atoms with Crippen LogP contribution in [-0.2, 0) is 16.9 Å². The van der Waals surface area contributed by atoms with Crippen molar-refractivity contribution in [3.8, 4) is 0 Å². The molecule has 2 fully saturated rings. The molecular formula is C17H26Cl2N2O. The first-order valence-corrected chi connectivity index (χ1v) is 8.05. The molecule has 1 aromatic rings.